The van der Waals surface area contributed by atoms with Gasteiger partial charge >= 0.3 is 0 Å². The van der Waals surface area contributed by atoms with Gasteiger partial charge in [-0.1, -0.05) is 37.1 Å². The number of rotatable bonds is 5. The van der Waals surface area contributed by atoms with Crippen molar-refractivity contribution >= 4 is 34.0 Å². The lowest BCUT2D eigenvalue weighted by Gasteiger charge is -2.08. The number of nitrogens with one attached hydrogen (secondary N) is 1. The van der Waals surface area contributed by atoms with Crippen molar-refractivity contribution in [2.45, 2.75) is 25.8 Å². The van der Waals surface area contributed by atoms with E-state index in [0.717, 1.165) is 17.7 Å². The van der Waals surface area contributed by atoms with Crippen LogP contribution in [0.25, 0.3) is 11.3 Å². The van der Waals surface area contributed by atoms with Gasteiger partial charge in [0.15, 0.2) is 5.13 Å². The summed E-state index contributed by atoms with van der Waals surface area (Å²) >= 11 is 7.23. The van der Waals surface area contributed by atoms with Crippen LogP contribution in [-0.4, -0.2) is 16.9 Å². The number of benzene rings is 1. The number of hydrogen-bond acceptors (Lipinski definition) is 4. The normalized spacial score (nSPS) is 12.2. The fraction of sp³-hybridized carbons (Fsp3) is 0.286. The number of nitrogens with zero attached hydrogens (tertiary/aromatic N) is 1. The van der Waals surface area contributed by atoms with E-state index < -0.39 is 6.04 Å². The van der Waals surface area contributed by atoms with Gasteiger partial charge in [-0.2, -0.15) is 0 Å². The Morgan fingerprint density at radius 3 is 2.80 bits per heavy atom. The van der Waals surface area contributed by atoms with Crippen LogP contribution in [0.4, 0.5) is 5.13 Å². The van der Waals surface area contributed by atoms with Crippen LogP contribution < -0.4 is 11.1 Å². The third-order valence-corrected chi connectivity index (χ3v) is 3.82. The molecule has 4 nitrogen and oxygen atoms in total. The standard InChI is InChI=1S/C14H16ClN3OS/c1-2-3-11(16)13(19)18-14-17-12(8-20-14)9-4-6-10(15)7-5-9/h4-8,11H,2-3,16H2,1H3,(H,17,18,19). The number of carbonyl (C=O) groups is 1. The highest BCUT2D eigenvalue weighted by Crippen LogP contribution is 2.26. The van der Waals surface area contributed by atoms with Gasteiger partial charge in [0.2, 0.25) is 5.91 Å². The minimum Gasteiger partial charge on any atom is -0.320 e. The number of amides is 1. The molecule has 0 radical (unpaired) electrons. The van der Waals surface area contributed by atoms with Crippen LogP contribution in [0.1, 0.15) is 19.8 Å². The van der Waals surface area contributed by atoms with Crippen LogP contribution >= 0.6 is 22.9 Å². The van der Waals surface area contributed by atoms with Crippen LogP contribution in [0.15, 0.2) is 29.6 Å². The van der Waals surface area contributed by atoms with Crippen molar-refractivity contribution in [3.05, 3.63) is 34.7 Å². The van der Waals surface area contributed by atoms with Gasteiger partial charge in [0.1, 0.15) is 0 Å². The van der Waals surface area contributed by atoms with Crippen molar-refractivity contribution in [2.24, 2.45) is 5.73 Å². The molecule has 0 aliphatic heterocycles. The smallest absolute Gasteiger partial charge is 0.243 e. The van der Waals surface area contributed by atoms with E-state index in [9.17, 15) is 4.79 Å². The summed E-state index contributed by atoms with van der Waals surface area (Å²) in [6, 6.07) is 6.93. The zero-order valence-corrected chi connectivity index (χ0v) is 12.7. The Balaban J connectivity index is 2.05. The molecule has 2 aromatic rings. The zero-order valence-electron chi connectivity index (χ0n) is 11.1. The van der Waals surface area contributed by atoms with E-state index in [1.807, 2.05) is 36.6 Å². The molecule has 0 saturated carbocycles. The lowest BCUT2D eigenvalue weighted by Crippen LogP contribution is -2.35. The zero-order chi connectivity index (χ0) is 14.5. The molecule has 1 aromatic heterocycles. The molecular formula is C14H16ClN3OS. The Labute approximate surface area is 127 Å². The summed E-state index contributed by atoms with van der Waals surface area (Å²) in [6.07, 6.45) is 1.55. The average Bonchev–Trinajstić information content (AvgIpc) is 2.88. The number of nitrogens with two attached hydrogens (primary N) is 1. The van der Waals surface area contributed by atoms with E-state index in [0.29, 0.717) is 16.6 Å². The molecule has 0 aliphatic rings. The Morgan fingerprint density at radius 2 is 2.15 bits per heavy atom. The molecule has 20 heavy (non-hydrogen) atoms. The minimum atomic E-state index is -0.483. The highest BCUT2D eigenvalue weighted by Gasteiger charge is 2.14. The molecule has 0 bridgehead atoms. The van der Waals surface area contributed by atoms with E-state index in [4.69, 9.17) is 17.3 Å². The van der Waals surface area contributed by atoms with Crippen molar-refractivity contribution < 1.29 is 4.79 Å². The summed E-state index contributed by atoms with van der Waals surface area (Å²) in [6.45, 7) is 2.00. The van der Waals surface area contributed by atoms with E-state index >= 15 is 0 Å². The number of carbonyl (C=O) groups excluding carboxylic acids is 1. The quantitative estimate of drug-likeness (QED) is 0.887. The predicted molar refractivity (Wildman–Crippen MR) is 84.1 cm³/mol. The summed E-state index contributed by atoms with van der Waals surface area (Å²) in [5, 5.41) is 5.88. The van der Waals surface area contributed by atoms with Gasteiger partial charge in [-0.15, -0.1) is 11.3 Å². The number of halogens is 1. The first-order valence-electron chi connectivity index (χ1n) is 6.38. The molecule has 1 aromatic carbocycles. The Morgan fingerprint density at radius 1 is 1.45 bits per heavy atom. The molecular weight excluding hydrogens is 294 g/mol. The first kappa shape index (κ1) is 15.0. The summed E-state index contributed by atoms with van der Waals surface area (Å²) < 4.78 is 0. The Hall–Kier alpha value is -1.43. The summed E-state index contributed by atoms with van der Waals surface area (Å²) in [5.41, 5.74) is 7.53. The van der Waals surface area contributed by atoms with Crippen molar-refractivity contribution in [3.63, 3.8) is 0 Å². The topological polar surface area (TPSA) is 68.0 Å². The van der Waals surface area contributed by atoms with E-state index in [2.05, 4.69) is 10.3 Å². The first-order chi connectivity index (χ1) is 9.60. The number of hydrogen-bond donors (Lipinski definition) is 2. The fourth-order valence-electron chi connectivity index (χ4n) is 1.72. The van der Waals surface area contributed by atoms with Gasteiger partial charge in [0, 0.05) is 16.0 Å². The summed E-state index contributed by atoms with van der Waals surface area (Å²) in [4.78, 5) is 16.2. The molecule has 0 fully saturated rings. The van der Waals surface area contributed by atoms with Gasteiger partial charge in [-0.05, 0) is 18.6 Å². The molecule has 1 heterocycles. The van der Waals surface area contributed by atoms with Gasteiger partial charge < -0.3 is 11.1 Å². The second-order valence-corrected chi connectivity index (χ2v) is 5.72. The van der Waals surface area contributed by atoms with E-state index in [1.54, 1.807) is 0 Å². The van der Waals surface area contributed by atoms with Gasteiger partial charge in [-0.25, -0.2) is 4.98 Å². The molecule has 106 valence electrons. The van der Waals surface area contributed by atoms with Crippen LogP contribution in [0.5, 0.6) is 0 Å². The van der Waals surface area contributed by atoms with Crippen LogP contribution in [-0.2, 0) is 4.79 Å². The second-order valence-electron chi connectivity index (χ2n) is 4.43. The highest BCUT2D eigenvalue weighted by molar-refractivity contribution is 7.14. The van der Waals surface area contributed by atoms with Gasteiger partial charge in [0.05, 0.1) is 11.7 Å². The van der Waals surface area contributed by atoms with Crippen LogP contribution in [0.2, 0.25) is 5.02 Å². The average molecular weight is 310 g/mol. The number of anilines is 1. The highest BCUT2D eigenvalue weighted by atomic mass is 35.5. The lowest BCUT2D eigenvalue weighted by molar-refractivity contribution is -0.117. The molecule has 6 heteroatoms. The predicted octanol–water partition coefficient (Wildman–Crippen LogP) is 3.53. The van der Waals surface area contributed by atoms with Crippen molar-refractivity contribution in [1.29, 1.82) is 0 Å². The van der Waals surface area contributed by atoms with Gasteiger partial charge in [-0.3, -0.25) is 4.79 Å². The molecule has 1 unspecified atom stereocenters. The summed E-state index contributed by atoms with van der Waals surface area (Å²) in [7, 11) is 0. The Bertz CT molecular complexity index is 582. The maximum Gasteiger partial charge on any atom is 0.243 e. The number of thiazole rings is 1. The fourth-order valence-corrected chi connectivity index (χ4v) is 2.57. The maximum absolute atomic E-state index is 11.8. The summed E-state index contributed by atoms with van der Waals surface area (Å²) in [5.74, 6) is -0.191. The maximum atomic E-state index is 11.8. The first-order valence-corrected chi connectivity index (χ1v) is 7.64. The Kier molecular flexibility index (Phi) is 5.11. The van der Waals surface area contributed by atoms with Crippen LogP contribution in [0.3, 0.4) is 0 Å². The largest absolute Gasteiger partial charge is 0.320 e. The molecule has 3 N–H and O–H groups in total. The molecule has 2 rings (SSSR count). The molecule has 0 spiro atoms. The van der Waals surface area contributed by atoms with Crippen molar-refractivity contribution in [3.8, 4) is 11.3 Å². The van der Waals surface area contributed by atoms with E-state index in [-0.39, 0.29) is 5.91 Å². The molecule has 1 amide bonds. The van der Waals surface area contributed by atoms with Crippen LogP contribution in [0, 0.1) is 0 Å². The lowest BCUT2D eigenvalue weighted by atomic mass is 10.2. The third-order valence-electron chi connectivity index (χ3n) is 2.81. The van der Waals surface area contributed by atoms with Gasteiger partial charge in [0.25, 0.3) is 0 Å². The number of aromatic nitrogens is 1. The molecule has 0 saturated heterocycles. The molecule has 0 aliphatic carbocycles. The monoisotopic (exact) mass is 309 g/mol. The van der Waals surface area contributed by atoms with E-state index in [1.165, 1.54) is 11.3 Å². The van der Waals surface area contributed by atoms with Crippen molar-refractivity contribution in [1.82, 2.24) is 4.98 Å². The second kappa shape index (κ2) is 6.83. The molecule has 1 atom stereocenters. The third kappa shape index (κ3) is 3.79. The minimum absolute atomic E-state index is 0.191. The van der Waals surface area contributed by atoms with Crippen molar-refractivity contribution in [2.75, 3.05) is 5.32 Å². The SMILES string of the molecule is CCCC(N)C(=O)Nc1nc(-c2ccc(Cl)cc2)cs1.